The van der Waals surface area contributed by atoms with Crippen LogP contribution in [0.15, 0.2) is 54.7 Å². The maximum Gasteiger partial charge on any atom is 0.422 e. The van der Waals surface area contributed by atoms with Gasteiger partial charge in [0.1, 0.15) is 5.75 Å². The number of benzene rings is 1. The number of rotatable bonds is 4. The van der Waals surface area contributed by atoms with Crippen LogP contribution in [-0.2, 0) is 16.8 Å². The molecule has 0 saturated carbocycles. The molecule has 0 bridgehead atoms. The minimum absolute atomic E-state index is 0.0133. The first-order chi connectivity index (χ1) is 15.1. The lowest BCUT2D eigenvalue weighted by Gasteiger charge is -2.42. The van der Waals surface area contributed by atoms with Crippen LogP contribution in [0.1, 0.15) is 36.8 Å². The molecule has 32 heavy (non-hydrogen) atoms. The van der Waals surface area contributed by atoms with Crippen molar-refractivity contribution in [2.24, 2.45) is 5.41 Å². The first kappa shape index (κ1) is 22.2. The molecule has 4 rings (SSSR count). The second-order valence-electron chi connectivity index (χ2n) is 8.68. The molecule has 0 radical (unpaired) electrons. The third-order valence-electron chi connectivity index (χ3n) is 7.09. The second-order valence-corrected chi connectivity index (χ2v) is 8.68. The number of nitrogens with one attached hydrogen (secondary N) is 1. The summed E-state index contributed by atoms with van der Waals surface area (Å²) < 4.78 is 43.0. The molecule has 170 valence electrons. The lowest BCUT2D eigenvalue weighted by atomic mass is 9.64. The van der Waals surface area contributed by atoms with Crippen LogP contribution in [-0.4, -0.2) is 36.7 Å². The number of amides is 3. The number of hydrogen-bond donors (Lipinski definition) is 1. The van der Waals surface area contributed by atoms with E-state index in [9.17, 15) is 22.8 Å². The molecule has 2 spiro atoms. The fourth-order valence-corrected chi connectivity index (χ4v) is 5.49. The Hall–Kier alpha value is -3.03. The molecule has 1 N–H and O–H groups in total. The molecule has 3 amide bonds. The topological polar surface area (TPSA) is 58.6 Å². The van der Waals surface area contributed by atoms with Gasteiger partial charge in [0, 0.05) is 12.5 Å². The summed E-state index contributed by atoms with van der Waals surface area (Å²) in [5, 5.41) is 2.93. The van der Waals surface area contributed by atoms with E-state index < -0.39 is 35.7 Å². The number of fused-ring (bicyclic) bond motifs is 3. The number of hydrogen-bond acceptors (Lipinski definition) is 3. The maximum atomic E-state index is 13.6. The summed E-state index contributed by atoms with van der Waals surface area (Å²) in [7, 11) is 1.42. The molecule has 1 fully saturated rings. The van der Waals surface area contributed by atoms with Gasteiger partial charge in [0.2, 0.25) is 0 Å². The van der Waals surface area contributed by atoms with E-state index in [1.54, 1.807) is 18.2 Å². The Labute approximate surface area is 184 Å². The van der Waals surface area contributed by atoms with Crippen molar-refractivity contribution in [3.63, 3.8) is 0 Å². The minimum Gasteiger partial charge on any atom is -0.484 e. The largest absolute Gasteiger partial charge is 0.484 e. The van der Waals surface area contributed by atoms with Crippen molar-refractivity contribution >= 4 is 11.9 Å². The molecule has 1 saturated heterocycles. The van der Waals surface area contributed by atoms with E-state index >= 15 is 0 Å². The van der Waals surface area contributed by atoms with Crippen molar-refractivity contribution in [3.05, 3.63) is 65.8 Å². The highest BCUT2D eigenvalue weighted by Gasteiger charge is 2.67. The van der Waals surface area contributed by atoms with Gasteiger partial charge in [-0.15, -0.1) is 0 Å². The van der Waals surface area contributed by atoms with Crippen LogP contribution < -0.4 is 10.1 Å². The molecule has 0 aromatic heterocycles. The Kier molecular flexibility index (Phi) is 5.22. The van der Waals surface area contributed by atoms with Gasteiger partial charge in [-0.3, -0.25) is 9.69 Å². The number of likely N-dealkylation sites (N-methyl/N-ethyl adjacent to an activating group) is 1. The van der Waals surface area contributed by atoms with E-state index in [1.165, 1.54) is 19.2 Å². The van der Waals surface area contributed by atoms with Gasteiger partial charge in [-0.05, 0) is 66.5 Å². The molecule has 1 atom stereocenters. The smallest absolute Gasteiger partial charge is 0.422 e. The predicted octanol–water partition coefficient (Wildman–Crippen LogP) is 4.79. The molecule has 1 unspecified atom stereocenters. The van der Waals surface area contributed by atoms with E-state index in [4.69, 9.17) is 4.74 Å². The van der Waals surface area contributed by atoms with Gasteiger partial charge in [-0.25, -0.2) is 4.79 Å². The third kappa shape index (κ3) is 3.24. The van der Waals surface area contributed by atoms with Gasteiger partial charge >= 0.3 is 12.2 Å². The first-order valence-electron chi connectivity index (χ1n) is 10.5. The van der Waals surface area contributed by atoms with Crippen LogP contribution in [0.2, 0.25) is 0 Å². The van der Waals surface area contributed by atoms with Crippen LogP contribution >= 0.6 is 0 Å². The van der Waals surface area contributed by atoms with E-state index in [-0.39, 0.29) is 5.75 Å². The highest BCUT2D eigenvalue weighted by molar-refractivity contribution is 6.08. The van der Waals surface area contributed by atoms with Crippen LogP contribution in [0.5, 0.6) is 5.75 Å². The van der Waals surface area contributed by atoms with Crippen molar-refractivity contribution in [1.29, 1.82) is 0 Å². The lowest BCUT2D eigenvalue weighted by Crippen LogP contribution is -2.55. The summed E-state index contributed by atoms with van der Waals surface area (Å²) in [5.74, 6) is -0.379. The number of nitrogens with zero attached hydrogens (tertiary/aromatic N) is 1. The monoisotopic (exact) mass is 446 g/mol. The summed E-state index contributed by atoms with van der Waals surface area (Å²) in [4.78, 5) is 27.3. The Bertz CT molecular complexity index is 1020. The van der Waals surface area contributed by atoms with Crippen LogP contribution in [0.3, 0.4) is 0 Å². The number of carbonyl (C=O) groups excluding carboxylic acids is 2. The molecule has 1 aliphatic heterocycles. The highest BCUT2D eigenvalue weighted by atomic mass is 19.4. The van der Waals surface area contributed by atoms with Crippen molar-refractivity contribution in [3.8, 4) is 5.75 Å². The number of alkyl halides is 3. The average molecular weight is 446 g/mol. The molecule has 1 aromatic carbocycles. The lowest BCUT2D eigenvalue weighted by molar-refractivity contribution is -0.153. The van der Waals surface area contributed by atoms with E-state index in [2.05, 4.69) is 18.5 Å². The molecule has 8 heteroatoms. The normalized spacial score (nSPS) is 24.6. The van der Waals surface area contributed by atoms with Gasteiger partial charge in [0.25, 0.3) is 5.91 Å². The number of carbonyl (C=O) groups is 2. The summed E-state index contributed by atoms with van der Waals surface area (Å²) in [5.41, 5.74) is 1.48. The molecule has 3 aliphatic rings. The highest BCUT2D eigenvalue weighted by Crippen LogP contribution is 2.60. The number of allylic oxidation sites excluding steroid dienone is 4. The van der Waals surface area contributed by atoms with Crippen LogP contribution in [0, 0.1) is 5.41 Å². The molecule has 2 aliphatic carbocycles. The molecule has 1 heterocycles. The van der Waals surface area contributed by atoms with Gasteiger partial charge in [-0.1, -0.05) is 31.4 Å². The second kappa shape index (κ2) is 7.53. The average Bonchev–Trinajstić information content (AvgIpc) is 3.04. The van der Waals surface area contributed by atoms with Gasteiger partial charge in [-0.2, -0.15) is 13.2 Å². The summed E-state index contributed by atoms with van der Waals surface area (Å²) in [6, 6.07) is 4.15. The number of urea groups is 1. The van der Waals surface area contributed by atoms with E-state index in [0.717, 1.165) is 21.6 Å². The van der Waals surface area contributed by atoms with E-state index in [0.29, 0.717) is 37.7 Å². The van der Waals surface area contributed by atoms with Crippen molar-refractivity contribution in [2.75, 3.05) is 13.7 Å². The summed E-state index contributed by atoms with van der Waals surface area (Å²) in [6.07, 6.45) is 2.18. The van der Waals surface area contributed by atoms with Crippen molar-refractivity contribution < 1.29 is 27.5 Å². The quantitative estimate of drug-likeness (QED) is 0.677. The zero-order valence-electron chi connectivity index (χ0n) is 17.8. The van der Waals surface area contributed by atoms with E-state index in [1.807, 2.05) is 0 Å². The molecule has 1 aromatic rings. The third-order valence-corrected chi connectivity index (χ3v) is 7.09. The van der Waals surface area contributed by atoms with Gasteiger partial charge < -0.3 is 10.1 Å². The number of halogens is 3. The Morgan fingerprint density at radius 2 is 1.78 bits per heavy atom. The minimum atomic E-state index is -4.48. The fourth-order valence-electron chi connectivity index (χ4n) is 5.49. The van der Waals surface area contributed by atoms with Gasteiger partial charge in [0.15, 0.2) is 12.1 Å². The standard InChI is InChI=1S/C24H25F3N2O3/c1-4-15-8-10-22(11-9-16(15)5-2)13-17-6-7-18(32-14-23(25,26)27)12-19(17)24(22)20(30)29(3)21(31)28-24/h4-7,12H,1-2,8-11,13-14H2,3H3,(H,28,31). The molecular weight excluding hydrogens is 421 g/mol. The summed E-state index contributed by atoms with van der Waals surface area (Å²) >= 11 is 0. The van der Waals surface area contributed by atoms with Crippen molar-refractivity contribution in [2.45, 2.75) is 43.8 Å². The Morgan fingerprint density at radius 3 is 2.28 bits per heavy atom. The van der Waals surface area contributed by atoms with Crippen molar-refractivity contribution in [1.82, 2.24) is 10.2 Å². The van der Waals surface area contributed by atoms with Crippen LogP contribution in [0.4, 0.5) is 18.0 Å². The first-order valence-corrected chi connectivity index (χ1v) is 10.5. The molecular formula is C24H25F3N2O3. The zero-order valence-corrected chi connectivity index (χ0v) is 17.8. The maximum absolute atomic E-state index is 13.6. The zero-order chi connectivity index (χ0) is 23.3. The SMILES string of the molecule is C=CC1=C(C=C)CCC2(CC1)Cc1ccc(OCC(F)(F)F)cc1C21NC(=O)N(C)C1=O. The number of ether oxygens (including phenoxy) is 1. The van der Waals surface area contributed by atoms with Gasteiger partial charge in [0.05, 0.1) is 0 Å². The Balaban J connectivity index is 1.81. The molecule has 5 nitrogen and oxygen atoms in total. The Morgan fingerprint density at radius 1 is 1.16 bits per heavy atom. The van der Waals surface area contributed by atoms with Crippen LogP contribution in [0.25, 0.3) is 0 Å². The fraction of sp³-hybridized carbons (Fsp3) is 0.417. The number of imide groups is 1. The predicted molar refractivity (Wildman–Crippen MR) is 113 cm³/mol. The summed E-state index contributed by atoms with van der Waals surface area (Å²) in [6.45, 7) is 6.37.